The first-order chi connectivity index (χ1) is 40.0. The zero-order valence-electron chi connectivity index (χ0n) is 50.3. The van der Waals surface area contributed by atoms with E-state index in [2.05, 4.69) is 194 Å². The van der Waals surface area contributed by atoms with Crippen molar-refractivity contribution >= 4 is 88.1 Å². The highest BCUT2D eigenvalue weighted by Crippen LogP contribution is 2.34. The summed E-state index contributed by atoms with van der Waals surface area (Å²) in [5, 5.41) is 4.72. The van der Waals surface area contributed by atoms with Gasteiger partial charge < -0.3 is 30.1 Å². The number of hydrogen-bond donors (Lipinski definition) is 2. The lowest BCUT2D eigenvalue weighted by Crippen LogP contribution is -2.29. The predicted octanol–water partition coefficient (Wildman–Crippen LogP) is 10.7. The molecule has 14 nitrogen and oxygen atoms in total. The van der Waals surface area contributed by atoms with Crippen LogP contribution in [-0.4, -0.2) is 101 Å². The van der Waals surface area contributed by atoms with Crippen LogP contribution in [0.15, 0.2) is 148 Å². The molecule has 0 aromatic heterocycles. The number of nitrogens with two attached hydrogens (primary N) is 2. The summed E-state index contributed by atoms with van der Waals surface area (Å²) in [5.74, 6) is 1.62. The second-order valence-corrected chi connectivity index (χ2v) is 23.0. The van der Waals surface area contributed by atoms with Crippen LogP contribution in [0, 0.1) is 6.92 Å². The van der Waals surface area contributed by atoms with Crippen molar-refractivity contribution in [3.8, 4) is 44.1 Å². The van der Waals surface area contributed by atoms with Crippen molar-refractivity contribution in [1.82, 2.24) is 38.2 Å². The maximum atomic E-state index is 6.19. The van der Waals surface area contributed by atoms with Gasteiger partial charge in [-0.25, -0.2) is 38.2 Å². The molecule has 426 valence electrons. The Morgan fingerprint density at radius 3 is 1.40 bits per heavy atom. The van der Waals surface area contributed by atoms with E-state index in [0.29, 0.717) is 11.3 Å². The molecule has 4 aliphatic carbocycles. The maximum absolute atomic E-state index is 6.19. The van der Waals surface area contributed by atoms with E-state index >= 15 is 0 Å². The Balaban J connectivity index is 0.000000134. The molecule has 4 N–H and O–H groups in total. The van der Waals surface area contributed by atoms with Crippen LogP contribution in [0.5, 0.6) is 0 Å². The Labute approximate surface area is 494 Å². The second-order valence-electron chi connectivity index (χ2n) is 20.9. The predicted molar refractivity (Wildman–Crippen MR) is 352 cm³/mol. The van der Waals surface area contributed by atoms with Gasteiger partial charge in [-0.3, -0.25) is 0 Å². The molecular weight excluding hydrogens is 1070 g/mol. The molecule has 4 aromatic rings. The molecule has 12 rings (SSSR count). The van der Waals surface area contributed by atoms with Gasteiger partial charge in [-0.1, -0.05) is 0 Å². The van der Waals surface area contributed by atoms with Gasteiger partial charge in [0.15, 0.2) is 22.7 Å². The number of aromatic nitrogens is 4. The number of rotatable bonds is 8. The van der Waals surface area contributed by atoms with Crippen LogP contribution < -0.4 is 61.0 Å². The van der Waals surface area contributed by atoms with E-state index in [1.165, 1.54) is 41.9 Å². The SMILES string of the molecule is CCN(CC)c1ccc2nc3ccc(=[N+](CC)CC)cc-3oc2c1.CC[N+](CC)=c1ccc2nc3ccc(N)cc3oc-2c1.CN(C)c1ccc2nc3ccc(=[N+](C)C)cc-3sc2c1.Cc1cc2nc3ccc(=[N+](C)C)cc-3sc2cc1N. The van der Waals surface area contributed by atoms with Crippen LogP contribution in [0.1, 0.15) is 47.1 Å². The van der Waals surface area contributed by atoms with Gasteiger partial charge in [0.05, 0.1) is 53.7 Å². The molecule has 4 heterocycles. The minimum Gasteiger partial charge on any atom is -0.452 e. The molecule has 4 aliphatic heterocycles. The molecule has 0 fully saturated rings. The molecule has 0 bridgehead atoms. The van der Waals surface area contributed by atoms with Crippen molar-refractivity contribution < 1.29 is 8.83 Å². The minimum atomic E-state index is 0.683. The lowest BCUT2D eigenvalue weighted by molar-refractivity contribution is 0.599. The number of nitrogens with zero attached hydrogens (tertiary/aromatic N) is 10. The van der Waals surface area contributed by atoms with E-state index in [9.17, 15) is 0 Å². The molecule has 0 saturated carbocycles. The Morgan fingerprint density at radius 1 is 0.446 bits per heavy atom. The van der Waals surface area contributed by atoms with Crippen molar-refractivity contribution in [3.63, 3.8) is 0 Å². The third-order valence-electron chi connectivity index (χ3n) is 14.8. The van der Waals surface area contributed by atoms with Crippen molar-refractivity contribution in [3.05, 3.63) is 167 Å². The standard InChI is InChI=1S/C20H26N3O.C16H17N3O.C16H18N3S.C15H15N3S/c1-5-22(6-2)15-9-11-17-19(13-15)24-20-14-16(23(7-3)8-4)10-12-18(20)21-17;1-3-19(4-2)12-6-8-14-16(10-12)20-15-9-11(17)5-7-13(15)18-14;1-18(2)11-5-7-13-15(9-11)20-16-10-12(19(3)4)6-8-14(16)17-13;1-9-6-13-15(8-11(9)16)19-14-7-10(18(2)3)4-5-12(14)17-13/h9-14H,5-8H2,1-4H3;5-10,17H,3-4H2,1-2H3;5-10H,1-4H3;4-8,16H,1-3H3/q+1;;+1;/p+2. The lowest BCUT2D eigenvalue weighted by atomic mass is 10.2. The summed E-state index contributed by atoms with van der Waals surface area (Å²) in [5.41, 5.74) is 25.9. The van der Waals surface area contributed by atoms with Crippen molar-refractivity contribution in [2.45, 2.75) is 48.5 Å². The topological polar surface area (TPSA) is 148 Å². The number of hydrogen-bond acceptors (Lipinski definition) is 12. The smallest absolute Gasteiger partial charge is 0.203 e. The number of aryl methyl sites for hydroxylation is 1. The van der Waals surface area contributed by atoms with E-state index < -0.39 is 0 Å². The number of fused-ring (bicyclic) bond motifs is 8. The molecule has 0 spiro atoms. The highest BCUT2D eigenvalue weighted by Gasteiger charge is 2.16. The second kappa shape index (κ2) is 26.1. The number of nitrogen functional groups attached to an aromatic ring is 2. The first kappa shape index (κ1) is 59.0. The zero-order chi connectivity index (χ0) is 59.1. The van der Waals surface area contributed by atoms with Crippen molar-refractivity contribution in [2.24, 2.45) is 0 Å². The van der Waals surface area contributed by atoms with Crippen LogP contribution >= 0.6 is 22.7 Å². The molecule has 16 heteroatoms. The highest BCUT2D eigenvalue weighted by atomic mass is 32.1. The molecule has 0 atom stereocenters. The summed E-state index contributed by atoms with van der Waals surface area (Å²) in [6, 6.07) is 47.4. The average Bonchev–Trinajstić information content (AvgIpc) is 3.50. The summed E-state index contributed by atoms with van der Waals surface area (Å²) in [4.78, 5) is 25.7. The van der Waals surface area contributed by atoms with Gasteiger partial charge >= 0.3 is 0 Å². The Hall–Kier alpha value is -8.60. The van der Waals surface area contributed by atoms with E-state index in [0.717, 1.165) is 123 Å². The zero-order valence-corrected chi connectivity index (χ0v) is 51.9. The largest absolute Gasteiger partial charge is 0.452 e. The van der Waals surface area contributed by atoms with Crippen molar-refractivity contribution in [2.75, 3.05) is 103 Å². The molecule has 83 heavy (non-hydrogen) atoms. The van der Waals surface area contributed by atoms with Gasteiger partial charge in [0.1, 0.15) is 76.8 Å². The number of anilines is 4. The Bertz CT molecular complexity index is 4430. The number of benzene rings is 8. The van der Waals surface area contributed by atoms with E-state index in [-0.39, 0.29) is 0 Å². The van der Waals surface area contributed by atoms with Gasteiger partial charge in [0.25, 0.3) is 0 Å². The van der Waals surface area contributed by atoms with E-state index in [1.807, 2.05) is 69.6 Å². The first-order valence-electron chi connectivity index (χ1n) is 28.5. The molecule has 0 saturated heterocycles. The summed E-state index contributed by atoms with van der Waals surface area (Å²) in [7, 11) is 12.3. The summed E-state index contributed by atoms with van der Waals surface area (Å²) >= 11 is 3.54. The van der Waals surface area contributed by atoms with Gasteiger partial charge in [0, 0.05) is 98.5 Å². The van der Waals surface area contributed by atoms with Crippen LogP contribution in [0.2, 0.25) is 0 Å². The Kier molecular flexibility index (Phi) is 18.6. The fourth-order valence-electron chi connectivity index (χ4n) is 9.81. The summed E-state index contributed by atoms with van der Waals surface area (Å²) in [6.45, 7) is 20.8. The van der Waals surface area contributed by atoms with E-state index in [1.54, 1.807) is 22.7 Å². The van der Waals surface area contributed by atoms with Crippen molar-refractivity contribution in [1.29, 1.82) is 0 Å². The molecule has 4 aromatic carbocycles. The van der Waals surface area contributed by atoms with Crippen LogP contribution in [0.3, 0.4) is 0 Å². The monoisotopic (exact) mass is 1150 g/mol. The van der Waals surface area contributed by atoms with Gasteiger partial charge in [-0.2, -0.15) is 0 Å². The fourth-order valence-corrected chi connectivity index (χ4v) is 11.9. The molecule has 0 amide bonds. The van der Waals surface area contributed by atoms with Gasteiger partial charge in [0.2, 0.25) is 21.4 Å². The van der Waals surface area contributed by atoms with Gasteiger partial charge in [-0.15, -0.1) is 22.7 Å². The molecule has 0 unspecified atom stereocenters. The van der Waals surface area contributed by atoms with Crippen LogP contribution in [0.25, 0.3) is 86.7 Å². The van der Waals surface area contributed by atoms with Gasteiger partial charge in [-0.05, 0) is 133 Å². The first-order valence-corrected chi connectivity index (χ1v) is 30.1. The third kappa shape index (κ3) is 13.5. The average molecular weight is 1150 g/mol. The van der Waals surface area contributed by atoms with Crippen LogP contribution in [-0.2, 0) is 0 Å². The summed E-state index contributed by atoms with van der Waals surface area (Å²) in [6.07, 6.45) is 0. The van der Waals surface area contributed by atoms with E-state index in [4.69, 9.17) is 35.3 Å². The fraction of sp³-hybridized carbons (Fsp3) is 0.284. The molecule has 0 radical (unpaired) electrons. The minimum absolute atomic E-state index is 0.683. The quantitative estimate of drug-likeness (QED) is 0.0856. The maximum Gasteiger partial charge on any atom is 0.203 e. The third-order valence-corrected chi connectivity index (χ3v) is 17.0. The summed E-state index contributed by atoms with van der Waals surface area (Å²) < 4.78 is 23.3. The van der Waals surface area contributed by atoms with Crippen LogP contribution in [0.4, 0.5) is 22.7 Å². The lowest BCUT2D eigenvalue weighted by Gasteiger charge is -2.21. The highest BCUT2D eigenvalue weighted by molar-refractivity contribution is 7.21. The Morgan fingerprint density at radius 2 is 0.892 bits per heavy atom. The molecular formula is C67H78N12O2S2+4. The molecule has 8 aliphatic rings. The normalized spacial score (nSPS) is 11.1.